The lowest BCUT2D eigenvalue weighted by molar-refractivity contribution is -0.139. The number of carbonyl (C=O) groups is 1. The van der Waals surface area contributed by atoms with E-state index in [4.69, 9.17) is 11.6 Å². The zero-order valence-corrected chi connectivity index (χ0v) is 16.2. The Bertz CT molecular complexity index is 825. The number of benzene rings is 1. The predicted octanol–water partition coefficient (Wildman–Crippen LogP) is 2.86. The maximum Gasteiger partial charge on any atom is 0.228 e. The van der Waals surface area contributed by atoms with Crippen LogP contribution in [0.1, 0.15) is 36.6 Å². The van der Waals surface area contributed by atoms with Crippen LogP contribution in [-0.4, -0.2) is 49.5 Å². The summed E-state index contributed by atoms with van der Waals surface area (Å²) in [6.45, 7) is 2.44. The van der Waals surface area contributed by atoms with E-state index in [0.29, 0.717) is 6.54 Å². The molecule has 4 rings (SSSR count). The Balaban J connectivity index is 1.65. The molecule has 1 aliphatic carbocycles. The monoisotopic (exact) mass is 374 g/mol. The van der Waals surface area contributed by atoms with Gasteiger partial charge in [0.25, 0.3) is 0 Å². The van der Waals surface area contributed by atoms with Gasteiger partial charge in [-0.1, -0.05) is 18.0 Å². The molecular formula is C20H27ClN4O. The average Bonchev–Trinajstić information content (AvgIpc) is 2.92. The fourth-order valence-corrected chi connectivity index (χ4v) is 4.62. The Hall–Kier alpha value is -1.56. The summed E-state index contributed by atoms with van der Waals surface area (Å²) in [6.07, 6.45) is 3.95. The molecular weight excluding hydrogens is 348 g/mol. The molecule has 26 heavy (non-hydrogen) atoms. The Morgan fingerprint density at radius 1 is 1.38 bits per heavy atom. The van der Waals surface area contributed by atoms with Crippen LogP contribution in [0.3, 0.4) is 0 Å². The summed E-state index contributed by atoms with van der Waals surface area (Å²) in [7, 11) is 4.05. The first kappa shape index (κ1) is 17.8. The third-order valence-corrected chi connectivity index (χ3v) is 6.24. The van der Waals surface area contributed by atoms with Crippen molar-refractivity contribution in [3.8, 4) is 0 Å². The molecule has 0 spiro atoms. The van der Waals surface area contributed by atoms with Gasteiger partial charge in [-0.15, -0.1) is 0 Å². The van der Waals surface area contributed by atoms with Crippen molar-refractivity contribution in [3.63, 3.8) is 0 Å². The number of fused-ring (bicyclic) bond motifs is 3. The normalized spacial score (nSPS) is 21.5. The Kier molecular flexibility index (Phi) is 4.71. The van der Waals surface area contributed by atoms with Gasteiger partial charge in [0, 0.05) is 34.7 Å². The van der Waals surface area contributed by atoms with Crippen molar-refractivity contribution in [1.82, 2.24) is 20.5 Å². The smallest absolute Gasteiger partial charge is 0.228 e. The maximum atomic E-state index is 13.1. The second-order valence-corrected chi connectivity index (χ2v) is 8.35. The van der Waals surface area contributed by atoms with Gasteiger partial charge in [0.1, 0.15) is 0 Å². The Labute approximate surface area is 159 Å². The number of hydrogen-bond acceptors (Lipinski definition) is 3. The summed E-state index contributed by atoms with van der Waals surface area (Å²) in [4.78, 5) is 18.8. The lowest BCUT2D eigenvalue weighted by atomic mass is 9.61. The van der Waals surface area contributed by atoms with Crippen LogP contribution in [-0.2, 0) is 11.2 Å². The predicted molar refractivity (Wildman–Crippen MR) is 106 cm³/mol. The molecule has 2 aromatic rings. The molecule has 0 radical (unpaired) electrons. The van der Waals surface area contributed by atoms with Crippen LogP contribution < -0.4 is 10.6 Å². The van der Waals surface area contributed by atoms with E-state index in [9.17, 15) is 4.79 Å². The summed E-state index contributed by atoms with van der Waals surface area (Å²) in [5.74, 6) is 0.188. The fraction of sp³-hybridized carbons (Fsp3) is 0.550. The molecule has 140 valence electrons. The second-order valence-electron chi connectivity index (χ2n) is 7.91. The van der Waals surface area contributed by atoms with Crippen molar-refractivity contribution < 1.29 is 4.79 Å². The first-order valence-corrected chi connectivity index (χ1v) is 9.85. The zero-order chi connectivity index (χ0) is 18.3. The molecule has 0 saturated heterocycles. The van der Waals surface area contributed by atoms with Crippen molar-refractivity contribution in [1.29, 1.82) is 0 Å². The highest BCUT2D eigenvalue weighted by atomic mass is 35.5. The van der Waals surface area contributed by atoms with Gasteiger partial charge in [-0.2, -0.15) is 0 Å². The SMILES string of the molecule is CN(C)CCNC(=O)C1(C2NCCc3c2[nH]c2ccc(Cl)cc32)CCC1. The molecule has 6 heteroatoms. The van der Waals surface area contributed by atoms with Gasteiger partial charge in [0.2, 0.25) is 5.91 Å². The van der Waals surface area contributed by atoms with E-state index in [1.165, 1.54) is 16.6 Å². The van der Waals surface area contributed by atoms with E-state index >= 15 is 0 Å². The molecule has 1 saturated carbocycles. The van der Waals surface area contributed by atoms with Gasteiger partial charge in [-0.25, -0.2) is 0 Å². The third-order valence-electron chi connectivity index (χ3n) is 6.01. The van der Waals surface area contributed by atoms with Crippen LogP contribution in [0.4, 0.5) is 0 Å². The van der Waals surface area contributed by atoms with Crippen molar-refractivity contribution in [2.24, 2.45) is 5.41 Å². The molecule has 1 aromatic carbocycles. The quantitative estimate of drug-likeness (QED) is 0.754. The molecule has 1 aliphatic heterocycles. The summed E-state index contributed by atoms with van der Waals surface area (Å²) in [6, 6.07) is 6.05. The molecule has 3 N–H and O–H groups in total. The number of aromatic nitrogens is 1. The topological polar surface area (TPSA) is 60.2 Å². The van der Waals surface area contributed by atoms with Gasteiger partial charge in [-0.05, 0) is 63.7 Å². The van der Waals surface area contributed by atoms with Crippen LogP contribution in [0.2, 0.25) is 5.02 Å². The van der Waals surface area contributed by atoms with Gasteiger partial charge in [-0.3, -0.25) is 4.79 Å². The molecule has 1 unspecified atom stereocenters. The van der Waals surface area contributed by atoms with Gasteiger partial charge in [0.15, 0.2) is 0 Å². The number of H-pyrrole nitrogens is 1. The van der Waals surface area contributed by atoms with E-state index in [0.717, 1.165) is 49.3 Å². The molecule has 2 heterocycles. The number of likely N-dealkylation sites (N-methyl/N-ethyl adjacent to an activating group) is 1. The zero-order valence-electron chi connectivity index (χ0n) is 15.5. The number of nitrogens with zero attached hydrogens (tertiary/aromatic N) is 1. The maximum absolute atomic E-state index is 13.1. The van der Waals surface area contributed by atoms with E-state index < -0.39 is 0 Å². The number of halogens is 1. The molecule has 0 bridgehead atoms. The van der Waals surface area contributed by atoms with Crippen LogP contribution in [0, 0.1) is 5.41 Å². The van der Waals surface area contributed by atoms with Crippen molar-refractivity contribution in [2.45, 2.75) is 31.7 Å². The third kappa shape index (κ3) is 2.92. The second kappa shape index (κ2) is 6.87. The van der Waals surface area contributed by atoms with Crippen LogP contribution in [0.25, 0.3) is 10.9 Å². The summed E-state index contributed by atoms with van der Waals surface area (Å²) < 4.78 is 0. The van der Waals surface area contributed by atoms with E-state index in [1.807, 2.05) is 32.3 Å². The summed E-state index contributed by atoms with van der Waals surface area (Å²) in [5, 5.41) is 8.76. The number of nitrogens with one attached hydrogen (secondary N) is 3. The standard InChI is InChI=1S/C20H27ClN4O/c1-25(2)11-10-23-19(26)20(7-3-8-20)18-17-14(6-9-22-18)15-12-13(21)4-5-16(15)24-17/h4-5,12,18,22,24H,3,6-11H2,1-2H3,(H,23,26). The highest BCUT2D eigenvalue weighted by Crippen LogP contribution is 2.52. The van der Waals surface area contributed by atoms with Crippen LogP contribution >= 0.6 is 11.6 Å². The summed E-state index contributed by atoms with van der Waals surface area (Å²) >= 11 is 6.22. The lowest BCUT2D eigenvalue weighted by Crippen LogP contribution is -2.55. The summed E-state index contributed by atoms with van der Waals surface area (Å²) in [5.41, 5.74) is 3.26. The first-order valence-electron chi connectivity index (χ1n) is 9.48. The molecule has 2 aliphatic rings. The number of rotatable bonds is 5. The number of hydrogen-bond donors (Lipinski definition) is 3. The van der Waals surface area contributed by atoms with Crippen molar-refractivity contribution >= 4 is 28.4 Å². The van der Waals surface area contributed by atoms with Crippen LogP contribution in [0.5, 0.6) is 0 Å². The van der Waals surface area contributed by atoms with Crippen molar-refractivity contribution in [2.75, 3.05) is 33.7 Å². The van der Waals surface area contributed by atoms with Crippen LogP contribution in [0.15, 0.2) is 18.2 Å². The number of amides is 1. The number of carbonyl (C=O) groups excluding carboxylic acids is 1. The average molecular weight is 375 g/mol. The fourth-order valence-electron chi connectivity index (χ4n) is 4.45. The largest absolute Gasteiger partial charge is 0.357 e. The minimum atomic E-state index is -0.341. The molecule has 1 fully saturated rings. The highest BCUT2D eigenvalue weighted by Gasteiger charge is 2.52. The first-order chi connectivity index (χ1) is 12.5. The number of aromatic amines is 1. The molecule has 1 amide bonds. The highest BCUT2D eigenvalue weighted by molar-refractivity contribution is 6.31. The minimum absolute atomic E-state index is 0.0468. The van der Waals surface area contributed by atoms with Gasteiger partial charge >= 0.3 is 0 Å². The van der Waals surface area contributed by atoms with Gasteiger partial charge < -0.3 is 20.5 Å². The molecule has 1 atom stereocenters. The van der Waals surface area contributed by atoms with E-state index in [2.05, 4.69) is 20.5 Å². The molecule has 1 aromatic heterocycles. The Morgan fingerprint density at radius 2 is 2.19 bits per heavy atom. The Morgan fingerprint density at radius 3 is 2.88 bits per heavy atom. The van der Waals surface area contributed by atoms with E-state index in [1.54, 1.807) is 0 Å². The minimum Gasteiger partial charge on any atom is -0.357 e. The van der Waals surface area contributed by atoms with Crippen molar-refractivity contribution in [3.05, 3.63) is 34.5 Å². The molecule has 5 nitrogen and oxygen atoms in total. The lowest BCUT2D eigenvalue weighted by Gasteiger charge is -2.47. The van der Waals surface area contributed by atoms with Gasteiger partial charge in [0.05, 0.1) is 11.5 Å². The van der Waals surface area contributed by atoms with E-state index in [-0.39, 0.29) is 17.4 Å².